The molecule has 1 atom stereocenters. The van der Waals surface area contributed by atoms with Crippen molar-refractivity contribution in [2.45, 2.75) is 25.3 Å². The van der Waals surface area contributed by atoms with E-state index in [1.165, 1.54) is 28.7 Å². The van der Waals surface area contributed by atoms with Crippen LogP contribution in [0.25, 0.3) is 10.9 Å². The van der Waals surface area contributed by atoms with Gasteiger partial charge in [0.15, 0.2) is 0 Å². The van der Waals surface area contributed by atoms with Crippen molar-refractivity contribution >= 4 is 28.1 Å². The third-order valence-electron chi connectivity index (χ3n) is 4.61. The standard InChI is InChI=1S/C19H21N3OS/c23-19(18-8-7-17(24-18)16-6-3-10-20-16)21-11-9-13-12-22-15-5-2-1-4-14(13)15/h1-2,4-5,7-8,12,16,20,22H,3,6,9-11H2,(H,21,23)/t16-/m0/s1. The molecular weight excluding hydrogens is 318 g/mol. The topological polar surface area (TPSA) is 56.9 Å². The Balaban J connectivity index is 1.35. The highest BCUT2D eigenvalue weighted by Gasteiger charge is 2.19. The van der Waals surface area contributed by atoms with Crippen molar-refractivity contribution in [2.75, 3.05) is 13.1 Å². The van der Waals surface area contributed by atoms with E-state index >= 15 is 0 Å². The SMILES string of the molecule is O=C(NCCc1c[nH]c2ccccc12)c1ccc([C@@H]2CCCN2)s1. The first kappa shape index (κ1) is 15.4. The monoisotopic (exact) mass is 339 g/mol. The number of hydrogen-bond acceptors (Lipinski definition) is 3. The maximum Gasteiger partial charge on any atom is 0.261 e. The van der Waals surface area contributed by atoms with E-state index in [1.807, 2.05) is 24.4 Å². The zero-order valence-corrected chi connectivity index (χ0v) is 14.3. The van der Waals surface area contributed by atoms with Crippen LogP contribution in [-0.2, 0) is 6.42 Å². The van der Waals surface area contributed by atoms with Gasteiger partial charge in [-0.05, 0) is 49.6 Å². The zero-order valence-electron chi connectivity index (χ0n) is 13.5. The van der Waals surface area contributed by atoms with Crippen LogP contribution in [0.2, 0.25) is 0 Å². The van der Waals surface area contributed by atoms with E-state index in [4.69, 9.17) is 0 Å². The van der Waals surface area contributed by atoms with Crippen LogP contribution < -0.4 is 10.6 Å². The summed E-state index contributed by atoms with van der Waals surface area (Å²) in [5, 5.41) is 7.76. The molecule has 0 saturated carbocycles. The largest absolute Gasteiger partial charge is 0.361 e. The van der Waals surface area contributed by atoms with Gasteiger partial charge in [0.2, 0.25) is 0 Å². The highest BCUT2D eigenvalue weighted by atomic mass is 32.1. The molecule has 1 amide bonds. The minimum atomic E-state index is 0.0316. The first-order valence-corrected chi connectivity index (χ1v) is 9.29. The molecule has 24 heavy (non-hydrogen) atoms. The second-order valence-electron chi connectivity index (χ2n) is 6.22. The molecule has 5 heteroatoms. The number of carbonyl (C=O) groups is 1. The summed E-state index contributed by atoms with van der Waals surface area (Å²) in [5.74, 6) is 0.0316. The lowest BCUT2D eigenvalue weighted by Gasteiger charge is -2.06. The molecule has 3 N–H and O–H groups in total. The molecule has 1 saturated heterocycles. The third kappa shape index (κ3) is 3.09. The molecule has 1 aromatic carbocycles. The zero-order chi connectivity index (χ0) is 16.4. The molecule has 0 bridgehead atoms. The number of carbonyl (C=O) groups excluding carboxylic acids is 1. The second-order valence-corrected chi connectivity index (χ2v) is 7.33. The molecule has 0 aliphatic carbocycles. The van der Waals surface area contributed by atoms with Crippen molar-refractivity contribution in [3.63, 3.8) is 0 Å². The average molecular weight is 339 g/mol. The summed E-state index contributed by atoms with van der Waals surface area (Å²) in [5.41, 5.74) is 2.39. The number of thiophene rings is 1. The Kier molecular flexibility index (Phi) is 4.36. The Bertz CT molecular complexity index is 845. The van der Waals surface area contributed by atoms with Crippen LogP contribution in [0.3, 0.4) is 0 Å². The van der Waals surface area contributed by atoms with E-state index in [0.29, 0.717) is 12.6 Å². The Hall–Kier alpha value is -2.11. The van der Waals surface area contributed by atoms with Crippen LogP contribution >= 0.6 is 11.3 Å². The van der Waals surface area contributed by atoms with Crippen molar-refractivity contribution in [3.05, 3.63) is 57.9 Å². The number of aromatic amines is 1. The van der Waals surface area contributed by atoms with Crippen molar-refractivity contribution in [2.24, 2.45) is 0 Å². The van der Waals surface area contributed by atoms with Gasteiger partial charge in [-0.25, -0.2) is 0 Å². The lowest BCUT2D eigenvalue weighted by molar-refractivity contribution is 0.0958. The number of hydrogen-bond donors (Lipinski definition) is 3. The number of H-pyrrole nitrogens is 1. The molecule has 0 radical (unpaired) electrons. The summed E-state index contributed by atoms with van der Waals surface area (Å²) in [4.78, 5) is 17.7. The molecule has 4 nitrogen and oxygen atoms in total. The van der Waals surface area contributed by atoms with Crippen molar-refractivity contribution in [1.29, 1.82) is 0 Å². The van der Waals surface area contributed by atoms with E-state index < -0.39 is 0 Å². The van der Waals surface area contributed by atoms with E-state index in [9.17, 15) is 4.79 Å². The molecule has 1 aliphatic heterocycles. The van der Waals surface area contributed by atoms with Gasteiger partial charge in [-0.1, -0.05) is 18.2 Å². The molecule has 0 spiro atoms. The van der Waals surface area contributed by atoms with Crippen LogP contribution in [0, 0.1) is 0 Å². The lowest BCUT2D eigenvalue weighted by Crippen LogP contribution is -2.24. The highest BCUT2D eigenvalue weighted by Crippen LogP contribution is 2.29. The number of para-hydroxylation sites is 1. The number of fused-ring (bicyclic) bond motifs is 1. The van der Waals surface area contributed by atoms with Gasteiger partial charge in [-0.15, -0.1) is 11.3 Å². The first-order chi connectivity index (χ1) is 11.8. The van der Waals surface area contributed by atoms with Gasteiger partial charge in [0.05, 0.1) is 4.88 Å². The molecule has 3 aromatic rings. The van der Waals surface area contributed by atoms with Gasteiger partial charge < -0.3 is 15.6 Å². The van der Waals surface area contributed by atoms with Gasteiger partial charge in [-0.3, -0.25) is 4.79 Å². The number of nitrogens with one attached hydrogen (secondary N) is 3. The van der Waals surface area contributed by atoms with Crippen LogP contribution in [0.5, 0.6) is 0 Å². The molecule has 3 heterocycles. The lowest BCUT2D eigenvalue weighted by atomic mass is 10.1. The molecule has 124 valence electrons. The van der Waals surface area contributed by atoms with Gasteiger partial charge in [-0.2, -0.15) is 0 Å². The van der Waals surface area contributed by atoms with E-state index in [2.05, 4.69) is 33.8 Å². The molecule has 0 unspecified atom stereocenters. The number of amides is 1. The number of aromatic nitrogens is 1. The fourth-order valence-electron chi connectivity index (χ4n) is 3.33. The summed E-state index contributed by atoms with van der Waals surface area (Å²) in [6.45, 7) is 1.73. The predicted octanol–water partition coefficient (Wildman–Crippen LogP) is 3.63. The van der Waals surface area contributed by atoms with E-state index in [-0.39, 0.29) is 5.91 Å². The summed E-state index contributed by atoms with van der Waals surface area (Å²) in [7, 11) is 0. The number of rotatable bonds is 5. The van der Waals surface area contributed by atoms with E-state index in [0.717, 1.165) is 23.4 Å². The second kappa shape index (κ2) is 6.79. The fraction of sp³-hybridized carbons (Fsp3) is 0.316. The predicted molar refractivity (Wildman–Crippen MR) is 98.6 cm³/mol. The van der Waals surface area contributed by atoms with Crippen molar-refractivity contribution < 1.29 is 4.79 Å². The molecular formula is C19H21N3OS. The van der Waals surface area contributed by atoms with Crippen LogP contribution in [0.1, 0.15) is 39.0 Å². The summed E-state index contributed by atoms with van der Waals surface area (Å²) in [6.07, 6.45) is 5.25. The highest BCUT2D eigenvalue weighted by molar-refractivity contribution is 7.14. The van der Waals surface area contributed by atoms with Crippen molar-refractivity contribution in [3.8, 4) is 0 Å². The van der Waals surface area contributed by atoms with Gasteiger partial charge in [0.25, 0.3) is 5.91 Å². The summed E-state index contributed by atoms with van der Waals surface area (Å²) < 4.78 is 0. The van der Waals surface area contributed by atoms with Gasteiger partial charge >= 0.3 is 0 Å². The Labute approximate surface area is 145 Å². The minimum Gasteiger partial charge on any atom is -0.361 e. The quantitative estimate of drug-likeness (QED) is 0.665. The van der Waals surface area contributed by atoms with Crippen LogP contribution in [-0.4, -0.2) is 24.0 Å². The minimum absolute atomic E-state index is 0.0316. The van der Waals surface area contributed by atoms with Crippen LogP contribution in [0.15, 0.2) is 42.6 Å². The number of benzene rings is 1. The van der Waals surface area contributed by atoms with Crippen LogP contribution in [0.4, 0.5) is 0 Å². The Morgan fingerprint density at radius 3 is 3.04 bits per heavy atom. The Morgan fingerprint density at radius 1 is 1.25 bits per heavy atom. The molecule has 1 aliphatic rings. The molecule has 2 aromatic heterocycles. The summed E-state index contributed by atoms with van der Waals surface area (Å²) >= 11 is 1.61. The summed E-state index contributed by atoms with van der Waals surface area (Å²) in [6, 6.07) is 12.7. The smallest absolute Gasteiger partial charge is 0.261 e. The normalized spacial score (nSPS) is 17.4. The maximum absolute atomic E-state index is 12.3. The first-order valence-electron chi connectivity index (χ1n) is 8.47. The third-order valence-corrected chi connectivity index (χ3v) is 5.81. The fourth-order valence-corrected chi connectivity index (χ4v) is 4.36. The molecule has 1 fully saturated rings. The average Bonchev–Trinajstić information content (AvgIpc) is 3.35. The van der Waals surface area contributed by atoms with Gasteiger partial charge in [0.1, 0.15) is 0 Å². The van der Waals surface area contributed by atoms with Crippen molar-refractivity contribution in [1.82, 2.24) is 15.6 Å². The van der Waals surface area contributed by atoms with E-state index in [1.54, 1.807) is 11.3 Å². The van der Waals surface area contributed by atoms with Gasteiger partial charge in [0, 0.05) is 34.6 Å². The Morgan fingerprint density at radius 2 is 2.17 bits per heavy atom. The molecule has 4 rings (SSSR count). The maximum atomic E-state index is 12.3.